The summed E-state index contributed by atoms with van der Waals surface area (Å²) in [4.78, 5) is 22.5. The largest absolute Gasteiger partial charge is 0.481 e. The van der Waals surface area contributed by atoms with Gasteiger partial charge in [0.1, 0.15) is 12.6 Å². The Bertz CT molecular complexity index is 652. The number of hydrogen-bond acceptors (Lipinski definition) is 4. The highest BCUT2D eigenvalue weighted by Gasteiger charge is 2.16. The van der Waals surface area contributed by atoms with E-state index >= 15 is 0 Å². The Balaban J connectivity index is 1.84. The number of nitrogens with two attached hydrogens (primary N) is 1. The maximum Gasteiger partial charge on any atom is 0.323 e. The van der Waals surface area contributed by atoms with Crippen LogP contribution in [0.5, 0.6) is 0 Å². The Labute approximate surface area is 134 Å². The Hall–Kier alpha value is -2.66. The fourth-order valence-electron chi connectivity index (χ4n) is 2.14. The van der Waals surface area contributed by atoms with Gasteiger partial charge >= 0.3 is 11.9 Å². The van der Waals surface area contributed by atoms with Crippen LogP contribution in [0.4, 0.5) is 0 Å². The Morgan fingerprint density at radius 1 is 0.957 bits per heavy atom. The van der Waals surface area contributed by atoms with E-state index in [2.05, 4.69) is 0 Å². The molecule has 3 N–H and O–H groups in total. The molecule has 23 heavy (non-hydrogen) atoms. The molecular weight excluding hydrogens is 294 g/mol. The summed E-state index contributed by atoms with van der Waals surface area (Å²) in [5, 5.41) is 8.73. The van der Waals surface area contributed by atoms with Crippen molar-refractivity contribution < 1.29 is 19.4 Å². The van der Waals surface area contributed by atoms with Crippen LogP contribution in [-0.2, 0) is 33.8 Å². The second-order valence-corrected chi connectivity index (χ2v) is 5.29. The zero-order valence-corrected chi connectivity index (χ0v) is 12.6. The van der Waals surface area contributed by atoms with Gasteiger partial charge in [0.25, 0.3) is 0 Å². The highest BCUT2D eigenvalue weighted by molar-refractivity contribution is 5.76. The summed E-state index contributed by atoms with van der Waals surface area (Å²) in [6.07, 6.45) is 0.326. The molecule has 120 valence electrons. The number of hydrogen-bond donors (Lipinski definition) is 2. The van der Waals surface area contributed by atoms with Crippen LogP contribution in [0.3, 0.4) is 0 Å². The summed E-state index contributed by atoms with van der Waals surface area (Å²) in [6, 6.07) is 15.7. The number of carboxylic acids is 1. The molecule has 0 bridgehead atoms. The lowest BCUT2D eigenvalue weighted by Gasteiger charge is -2.12. The second kappa shape index (κ2) is 8.10. The minimum Gasteiger partial charge on any atom is -0.481 e. The minimum absolute atomic E-state index is 0.0224. The average Bonchev–Trinajstić information content (AvgIpc) is 2.55. The van der Waals surface area contributed by atoms with E-state index in [9.17, 15) is 9.59 Å². The van der Waals surface area contributed by atoms with Crippen molar-refractivity contribution in [3.8, 4) is 0 Å². The quantitative estimate of drug-likeness (QED) is 0.762. The fourth-order valence-corrected chi connectivity index (χ4v) is 2.14. The Morgan fingerprint density at radius 2 is 1.57 bits per heavy atom. The maximum absolute atomic E-state index is 11.9. The van der Waals surface area contributed by atoms with E-state index in [1.54, 1.807) is 24.3 Å². The third kappa shape index (κ3) is 5.56. The second-order valence-electron chi connectivity index (χ2n) is 5.29. The number of ether oxygens (including phenoxy) is 1. The molecule has 0 fully saturated rings. The zero-order valence-electron chi connectivity index (χ0n) is 12.6. The van der Waals surface area contributed by atoms with E-state index in [1.165, 1.54) is 0 Å². The van der Waals surface area contributed by atoms with Crippen molar-refractivity contribution in [2.45, 2.75) is 25.5 Å². The van der Waals surface area contributed by atoms with Crippen LogP contribution in [-0.4, -0.2) is 23.1 Å². The van der Waals surface area contributed by atoms with Crippen LogP contribution in [0, 0.1) is 0 Å². The van der Waals surface area contributed by atoms with Gasteiger partial charge in [-0.25, -0.2) is 0 Å². The van der Waals surface area contributed by atoms with Gasteiger partial charge in [-0.15, -0.1) is 0 Å². The number of benzene rings is 2. The molecule has 0 amide bonds. The third-order valence-electron chi connectivity index (χ3n) is 3.36. The first-order chi connectivity index (χ1) is 11.0. The molecule has 0 saturated heterocycles. The Kier molecular flexibility index (Phi) is 5.88. The molecule has 0 aliphatic rings. The number of carbonyl (C=O) groups is 2. The number of esters is 1. The van der Waals surface area contributed by atoms with Gasteiger partial charge in [0.05, 0.1) is 6.42 Å². The van der Waals surface area contributed by atoms with Gasteiger partial charge in [-0.3, -0.25) is 9.59 Å². The number of aliphatic carboxylic acids is 1. The molecule has 2 aromatic rings. The number of carbonyl (C=O) groups excluding carboxylic acids is 1. The molecule has 1 unspecified atom stereocenters. The van der Waals surface area contributed by atoms with E-state index in [1.807, 2.05) is 30.3 Å². The SMILES string of the molecule is NC(Cc1ccc(CC(=O)O)cc1)C(=O)OCc1ccccc1. The predicted molar refractivity (Wildman–Crippen MR) is 85.7 cm³/mol. The normalized spacial score (nSPS) is 11.7. The van der Waals surface area contributed by atoms with Crippen LogP contribution in [0.25, 0.3) is 0 Å². The average molecular weight is 313 g/mol. The summed E-state index contributed by atoms with van der Waals surface area (Å²) in [6.45, 7) is 0.199. The van der Waals surface area contributed by atoms with Gasteiger partial charge in [0, 0.05) is 0 Å². The van der Waals surface area contributed by atoms with E-state index in [0.717, 1.165) is 11.1 Å². The lowest BCUT2D eigenvalue weighted by atomic mass is 10.0. The minimum atomic E-state index is -0.876. The molecule has 5 nitrogen and oxygen atoms in total. The van der Waals surface area contributed by atoms with Gasteiger partial charge in [-0.2, -0.15) is 0 Å². The lowest BCUT2D eigenvalue weighted by molar-refractivity contribution is -0.146. The first-order valence-electron chi connectivity index (χ1n) is 7.30. The molecule has 2 rings (SSSR count). The van der Waals surface area contributed by atoms with E-state index in [-0.39, 0.29) is 13.0 Å². The Morgan fingerprint density at radius 3 is 2.17 bits per heavy atom. The molecule has 2 aromatic carbocycles. The van der Waals surface area contributed by atoms with Crippen LogP contribution in [0.2, 0.25) is 0 Å². The molecule has 0 aliphatic carbocycles. The molecular formula is C18H19NO4. The summed E-state index contributed by atoms with van der Waals surface area (Å²) in [5.74, 6) is -1.33. The number of rotatable bonds is 7. The molecule has 0 aromatic heterocycles. The van der Waals surface area contributed by atoms with Gasteiger partial charge < -0.3 is 15.6 Å². The zero-order chi connectivity index (χ0) is 16.7. The van der Waals surface area contributed by atoms with Crippen LogP contribution in [0.15, 0.2) is 54.6 Å². The summed E-state index contributed by atoms with van der Waals surface area (Å²) < 4.78 is 5.20. The van der Waals surface area contributed by atoms with Gasteiger partial charge in [-0.05, 0) is 23.1 Å². The lowest BCUT2D eigenvalue weighted by Crippen LogP contribution is -2.34. The predicted octanol–water partition coefficient (Wildman–Crippen LogP) is 1.93. The topological polar surface area (TPSA) is 89.6 Å². The molecule has 1 atom stereocenters. The van der Waals surface area contributed by atoms with Crippen molar-refractivity contribution in [1.29, 1.82) is 0 Å². The van der Waals surface area contributed by atoms with Crippen molar-refractivity contribution in [2.24, 2.45) is 5.73 Å². The molecule has 0 radical (unpaired) electrons. The van der Waals surface area contributed by atoms with Gasteiger partial charge in [-0.1, -0.05) is 54.6 Å². The van der Waals surface area contributed by atoms with Crippen LogP contribution < -0.4 is 5.73 Å². The van der Waals surface area contributed by atoms with Crippen molar-refractivity contribution in [1.82, 2.24) is 0 Å². The van der Waals surface area contributed by atoms with E-state index in [4.69, 9.17) is 15.6 Å². The van der Waals surface area contributed by atoms with Crippen molar-refractivity contribution in [3.63, 3.8) is 0 Å². The van der Waals surface area contributed by atoms with Crippen LogP contribution in [0.1, 0.15) is 16.7 Å². The standard InChI is InChI=1S/C18H19NO4/c19-16(18(22)23-12-15-4-2-1-3-5-15)10-13-6-8-14(9-7-13)11-17(20)21/h1-9,16H,10-12,19H2,(H,20,21). The first-order valence-corrected chi connectivity index (χ1v) is 7.30. The molecule has 0 saturated carbocycles. The van der Waals surface area contributed by atoms with E-state index < -0.39 is 18.0 Å². The third-order valence-corrected chi connectivity index (χ3v) is 3.36. The first kappa shape index (κ1) is 16.7. The van der Waals surface area contributed by atoms with Crippen molar-refractivity contribution >= 4 is 11.9 Å². The van der Waals surface area contributed by atoms with Crippen molar-refractivity contribution in [3.05, 3.63) is 71.3 Å². The molecule has 0 heterocycles. The molecule has 0 aliphatic heterocycles. The van der Waals surface area contributed by atoms with E-state index in [0.29, 0.717) is 12.0 Å². The van der Waals surface area contributed by atoms with Gasteiger partial charge in [0.2, 0.25) is 0 Å². The maximum atomic E-state index is 11.9. The van der Waals surface area contributed by atoms with Crippen LogP contribution >= 0.6 is 0 Å². The molecule has 5 heteroatoms. The summed E-state index contributed by atoms with van der Waals surface area (Å²) >= 11 is 0. The summed E-state index contributed by atoms with van der Waals surface area (Å²) in [7, 11) is 0. The number of carboxylic acid groups (broad SMARTS) is 1. The highest BCUT2D eigenvalue weighted by atomic mass is 16.5. The monoisotopic (exact) mass is 313 g/mol. The fraction of sp³-hybridized carbons (Fsp3) is 0.222. The highest BCUT2D eigenvalue weighted by Crippen LogP contribution is 2.09. The smallest absolute Gasteiger partial charge is 0.323 e. The molecule has 0 spiro atoms. The van der Waals surface area contributed by atoms with Gasteiger partial charge in [0.15, 0.2) is 0 Å². The van der Waals surface area contributed by atoms with Crippen molar-refractivity contribution in [2.75, 3.05) is 0 Å². The summed E-state index contributed by atoms with van der Waals surface area (Å²) in [5.41, 5.74) is 8.35.